The number of aromatic amines is 1. The van der Waals surface area contributed by atoms with Crippen LogP contribution in [0, 0.1) is 5.92 Å². The quantitative estimate of drug-likeness (QED) is 0.469. The topological polar surface area (TPSA) is 182 Å². The van der Waals surface area contributed by atoms with E-state index in [9.17, 15) is 9.59 Å². The number of aromatic nitrogens is 4. The maximum absolute atomic E-state index is 12.6. The van der Waals surface area contributed by atoms with E-state index in [1.807, 2.05) is 4.90 Å². The number of carbonyl (C=O) groups excluding carboxylic acids is 1. The molecule has 0 bridgehead atoms. The Bertz CT molecular complexity index is 917. The molecule has 0 saturated carbocycles. The molecule has 0 aliphatic carbocycles. The normalized spacial score (nSPS) is 17.0. The van der Waals surface area contributed by atoms with Crippen LogP contribution >= 0.6 is 11.6 Å². The fourth-order valence-electron chi connectivity index (χ4n) is 2.98. The molecular weight excluding hydrogens is 374 g/mol. The van der Waals surface area contributed by atoms with Gasteiger partial charge in [-0.2, -0.15) is 4.98 Å². The third-order valence-corrected chi connectivity index (χ3v) is 4.62. The highest BCUT2D eigenvalue weighted by molar-refractivity contribution is 6.31. The van der Waals surface area contributed by atoms with Crippen LogP contribution in [0.1, 0.15) is 23.3 Å². The Hall–Kier alpha value is -2.92. The minimum Gasteiger partial charge on any atom is -0.382 e. The van der Waals surface area contributed by atoms with Crippen molar-refractivity contribution in [1.29, 1.82) is 0 Å². The first kappa shape index (κ1) is 18.9. The van der Waals surface area contributed by atoms with E-state index in [1.165, 1.54) is 6.20 Å². The molecule has 2 aromatic heterocycles. The first-order valence-electron chi connectivity index (χ1n) is 8.33. The van der Waals surface area contributed by atoms with E-state index in [-0.39, 0.29) is 28.3 Å². The van der Waals surface area contributed by atoms with Gasteiger partial charge in [0.25, 0.3) is 5.91 Å². The Morgan fingerprint density at radius 1 is 1.37 bits per heavy atom. The maximum Gasteiger partial charge on any atom is 0.346 e. The van der Waals surface area contributed by atoms with Crippen molar-refractivity contribution in [1.82, 2.24) is 19.9 Å². The van der Waals surface area contributed by atoms with Gasteiger partial charge in [-0.3, -0.25) is 9.78 Å². The van der Waals surface area contributed by atoms with E-state index in [1.54, 1.807) is 0 Å². The zero-order chi connectivity index (χ0) is 19.6. The molecule has 1 amide bonds. The van der Waals surface area contributed by atoms with Gasteiger partial charge in [-0.25, -0.2) is 14.8 Å². The van der Waals surface area contributed by atoms with E-state index in [2.05, 4.69) is 25.3 Å². The summed E-state index contributed by atoms with van der Waals surface area (Å²) in [7, 11) is 0. The van der Waals surface area contributed by atoms with Crippen LogP contribution in [0.3, 0.4) is 0 Å². The molecule has 144 valence electrons. The summed E-state index contributed by atoms with van der Waals surface area (Å²) in [5.74, 6) is -0.422. The van der Waals surface area contributed by atoms with Gasteiger partial charge in [-0.1, -0.05) is 11.6 Å². The molecule has 1 aliphatic rings. The lowest BCUT2D eigenvalue weighted by Gasteiger charge is -2.34. The van der Waals surface area contributed by atoms with E-state index in [4.69, 9.17) is 28.8 Å². The van der Waals surface area contributed by atoms with Gasteiger partial charge in [0.05, 0.1) is 11.9 Å². The van der Waals surface area contributed by atoms with Crippen molar-refractivity contribution in [3.05, 3.63) is 27.5 Å². The van der Waals surface area contributed by atoms with Gasteiger partial charge in [0.15, 0.2) is 22.5 Å². The zero-order valence-corrected chi connectivity index (χ0v) is 15.2. The third-order valence-electron chi connectivity index (χ3n) is 4.34. The van der Waals surface area contributed by atoms with Gasteiger partial charge >= 0.3 is 5.69 Å². The molecule has 0 radical (unpaired) electrons. The summed E-state index contributed by atoms with van der Waals surface area (Å²) in [6.07, 6.45) is 3.39. The Balaban J connectivity index is 1.90. The van der Waals surface area contributed by atoms with Crippen LogP contribution in [-0.4, -0.2) is 45.5 Å². The lowest BCUT2D eigenvalue weighted by Crippen LogP contribution is -2.39. The van der Waals surface area contributed by atoms with Crippen LogP contribution in [0.15, 0.2) is 11.0 Å². The number of carbonyl (C=O) groups is 1. The molecule has 1 fully saturated rings. The molecule has 1 saturated heterocycles. The summed E-state index contributed by atoms with van der Waals surface area (Å²) in [4.78, 5) is 40.2. The minimum absolute atomic E-state index is 0.0788. The fourth-order valence-corrected chi connectivity index (χ4v) is 3.11. The van der Waals surface area contributed by atoms with Gasteiger partial charge < -0.3 is 27.4 Å². The molecule has 0 spiro atoms. The molecule has 11 nitrogen and oxygen atoms in total. The summed E-state index contributed by atoms with van der Waals surface area (Å²) in [6.45, 7) is 2.01. The standard InChI is InChI=1S/C15H20ClN9O2/c16-10-12(19)22-11(18)9(21-10)14(26)23-13-8(5-20-15(27)24-13)25-3-1-2-7(4-17)6-25/h5,7H,1-4,6,17H2,(H4,18,19,22)(H2,20,23,24,26,27). The molecule has 3 heterocycles. The minimum atomic E-state index is -0.683. The molecule has 1 atom stereocenters. The lowest BCUT2D eigenvalue weighted by atomic mass is 9.98. The first-order chi connectivity index (χ1) is 12.9. The highest BCUT2D eigenvalue weighted by Crippen LogP contribution is 2.27. The summed E-state index contributed by atoms with van der Waals surface area (Å²) < 4.78 is 0. The molecule has 0 aromatic carbocycles. The monoisotopic (exact) mass is 393 g/mol. The second-order valence-electron chi connectivity index (χ2n) is 6.23. The predicted molar refractivity (Wildman–Crippen MR) is 103 cm³/mol. The number of amides is 1. The molecule has 27 heavy (non-hydrogen) atoms. The Morgan fingerprint density at radius 3 is 2.89 bits per heavy atom. The number of nitrogens with one attached hydrogen (secondary N) is 2. The van der Waals surface area contributed by atoms with Gasteiger partial charge in [0.2, 0.25) is 0 Å². The molecule has 1 unspecified atom stereocenters. The lowest BCUT2D eigenvalue weighted by molar-refractivity contribution is 0.102. The van der Waals surface area contributed by atoms with Crippen molar-refractivity contribution in [2.45, 2.75) is 12.8 Å². The van der Waals surface area contributed by atoms with E-state index >= 15 is 0 Å². The largest absolute Gasteiger partial charge is 0.382 e. The number of nitrogens with zero attached hydrogens (tertiary/aromatic N) is 4. The van der Waals surface area contributed by atoms with Crippen LogP contribution in [0.2, 0.25) is 5.15 Å². The van der Waals surface area contributed by atoms with Crippen LogP contribution in [0.4, 0.5) is 23.1 Å². The molecular formula is C15H20ClN9O2. The summed E-state index contributed by atoms with van der Waals surface area (Å²) in [5.41, 5.74) is 16.8. The second kappa shape index (κ2) is 7.76. The number of hydrogen-bond acceptors (Lipinski definition) is 9. The molecule has 12 heteroatoms. The van der Waals surface area contributed by atoms with Gasteiger partial charge in [0.1, 0.15) is 5.82 Å². The van der Waals surface area contributed by atoms with Crippen LogP contribution in [-0.2, 0) is 0 Å². The van der Waals surface area contributed by atoms with Crippen LogP contribution < -0.4 is 33.1 Å². The van der Waals surface area contributed by atoms with Gasteiger partial charge in [-0.05, 0) is 25.3 Å². The van der Waals surface area contributed by atoms with E-state index in [0.717, 1.165) is 19.4 Å². The Morgan fingerprint density at radius 2 is 2.15 bits per heavy atom. The molecule has 8 N–H and O–H groups in total. The third kappa shape index (κ3) is 4.09. The maximum atomic E-state index is 12.6. The molecule has 2 aromatic rings. The second-order valence-corrected chi connectivity index (χ2v) is 6.58. The first-order valence-corrected chi connectivity index (χ1v) is 8.71. The highest BCUT2D eigenvalue weighted by atomic mass is 35.5. The van der Waals surface area contributed by atoms with Crippen molar-refractivity contribution in [2.75, 3.05) is 41.3 Å². The summed E-state index contributed by atoms with van der Waals surface area (Å²) in [5, 5.41) is 2.46. The van der Waals surface area contributed by atoms with Gasteiger partial charge in [0, 0.05) is 13.1 Å². The zero-order valence-electron chi connectivity index (χ0n) is 14.4. The fraction of sp³-hybridized carbons (Fsp3) is 0.400. The number of halogens is 1. The number of piperidine rings is 1. The molecule has 1 aliphatic heterocycles. The van der Waals surface area contributed by atoms with Crippen molar-refractivity contribution in [2.24, 2.45) is 11.7 Å². The smallest absolute Gasteiger partial charge is 0.346 e. The highest BCUT2D eigenvalue weighted by Gasteiger charge is 2.24. The summed E-state index contributed by atoms with van der Waals surface area (Å²) in [6, 6.07) is 0. The van der Waals surface area contributed by atoms with Gasteiger partial charge in [-0.15, -0.1) is 0 Å². The number of hydrogen-bond donors (Lipinski definition) is 5. The van der Waals surface area contributed by atoms with Crippen LogP contribution in [0.5, 0.6) is 0 Å². The predicted octanol–water partition coefficient (Wildman–Crippen LogP) is -0.195. The van der Waals surface area contributed by atoms with Crippen molar-refractivity contribution in [3.8, 4) is 0 Å². The van der Waals surface area contributed by atoms with E-state index in [0.29, 0.717) is 24.7 Å². The number of rotatable bonds is 4. The number of nitrogens with two attached hydrogens (primary N) is 3. The Kier molecular flexibility index (Phi) is 5.42. The van der Waals surface area contributed by atoms with Crippen LogP contribution in [0.25, 0.3) is 0 Å². The number of anilines is 4. The number of nitrogen functional groups attached to an aromatic ring is 2. The summed E-state index contributed by atoms with van der Waals surface area (Å²) >= 11 is 5.82. The van der Waals surface area contributed by atoms with Crippen molar-refractivity contribution >= 4 is 40.6 Å². The van der Waals surface area contributed by atoms with Crippen molar-refractivity contribution in [3.63, 3.8) is 0 Å². The van der Waals surface area contributed by atoms with Crippen molar-refractivity contribution < 1.29 is 4.79 Å². The SMILES string of the molecule is NCC1CCCN(c2cnc(=O)[nH]c2NC(=O)c2nc(Cl)c(N)nc2N)C1. The average molecular weight is 394 g/mol. The molecule has 3 rings (SSSR count). The van der Waals surface area contributed by atoms with E-state index < -0.39 is 11.6 Å². The average Bonchev–Trinajstić information content (AvgIpc) is 2.64. The number of H-pyrrole nitrogens is 1. The Labute approximate surface area is 159 Å².